The van der Waals surface area contributed by atoms with Crippen LogP contribution in [0.1, 0.15) is 48.2 Å². The third-order valence-electron chi connectivity index (χ3n) is 4.37. The number of ketones is 1. The van der Waals surface area contributed by atoms with Crippen molar-refractivity contribution in [2.45, 2.75) is 38.8 Å². The van der Waals surface area contributed by atoms with Crippen molar-refractivity contribution in [1.29, 1.82) is 0 Å². The highest BCUT2D eigenvalue weighted by Gasteiger charge is 2.25. The summed E-state index contributed by atoms with van der Waals surface area (Å²) in [6.07, 6.45) is 2.81. The normalized spacial score (nSPS) is 12.3. The summed E-state index contributed by atoms with van der Waals surface area (Å²) < 4.78 is 0. The Labute approximate surface area is 176 Å². The second kappa shape index (κ2) is 11.7. The van der Waals surface area contributed by atoms with E-state index in [-0.39, 0.29) is 0 Å². The van der Waals surface area contributed by atoms with Crippen LogP contribution < -0.4 is 10.6 Å². The molecule has 0 spiro atoms. The number of hydrogen-bond donors (Lipinski definition) is 4. The van der Waals surface area contributed by atoms with E-state index in [0.29, 0.717) is 5.56 Å². The lowest BCUT2D eigenvalue weighted by Gasteiger charge is -2.19. The molecule has 0 saturated carbocycles. The van der Waals surface area contributed by atoms with Crippen LogP contribution >= 0.6 is 0 Å². The quantitative estimate of drug-likeness (QED) is 0.371. The van der Waals surface area contributed by atoms with E-state index in [1.165, 1.54) is 6.92 Å². The summed E-state index contributed by atoms with van der Waals surface area (Å²) in [6, 6.07) is 9.18. The molecular formula is C23H27N3O4. The van der Waals surface area contributed by atoms with Crippen LogP contribution in [0.4, 0.5) is 5.82 Å². The van der Waals surface area contributed by atoms with Gasteiger partial charge in [-0.3, -0.25) is 9.59 Å². The lowest BCUT2D eigenvalue weighted by atomic mass is 10.1. The van der Waals surface area contributed by atoms with Gasteiger partial charge in [-0.15, -0.1) is 0 Å². The zero-order valence-corrected chi connectivity index (χ0v) is 17.2. The molecule has 7 nitrogen and oxygen atoms in total. The average Bonchev–Trinajstić information content (AvgIpc) is 2.76. The standard InChI is InChI=1S/C23H27N3O4/c1-3-4-13-24-21-12-9-18(14-25-21)6-5-17-7-10-19(11-8-17)23(30)26-22(16(2)28)20(29)15-27/h7-12,14,16,22,27-28H,3-4,13,15H2,1-2H3,(H,24,25)(H,26,30)/t16-,22+/m1/s1. The summed E-state index contributed by atoms with van der Waals surface area (Å²) in [7, 11) is 0. The molecule has 1 aromatic carbocycles. The highest BCUT2D eigenvalue weighted by Crippen LogP contribution is 2.07. The number of carbonyl (C=O) groups is 2. The van der Waals surface area contributed by atoms with Gasteiger partial charge in [0.1, 0.15) is 18.5 Å². The molecule has 7 heteroatoms. The van der Waals surface area contributed by atoms with Crippen molar-refractivity contribution in [2.75, 3.05) is 18.5 Å². The highest BCUT2D eigenvalue weighted by molar-refractivity contribution is 5.98. The maximum Gasteiger partial charge on any atom is 0.251 e. The Morgan fingerprint density at radius 2 is 1.77 bits per heavy atom. The fraction of sp³-hybridized carbons (Fsp3) is 0.348. The van der Waals surface area contributed by atoms with Gasteiger partial charge < -0.3 is 20.8 Å². The number of nitrogens with one attached hydrogen (secondary N) is 2. The van der Waals surface area contributed by atoms with Gasteiger partial charge in [-0.1, -0.05) is 25.2 Å². The second-order valence-electron chi connectivity index (χ2n) is 6.86. The molecule has 0 saturated heterocycles. The molecule has 0 aliphatic carbocycles. The number of amides is 1. The van der Waals surface area contributed by atoms with Crippen LogP contribution in [0.25, 0.3) is 0 Å². The van der Waals surface area contributed by atoms with Crippen LogP contribution in [-0.2, 0) is 4.79 Å². The number of aromatic nitrogens is 1. The van der Waals surface area contributed by atoms with E-state index in [4.69, 9.17) is 5.11 Å². The van der Waals surface area contributed by atoms with Gasteiger partial charge in [0, 0.05) is 29.4 Å². The smallest absolute Gasteiger partial charge is 0.251 e. The largest absolute Gasteiger partial charge is 0.391 e. The van der Waals surface area contributed by atoms with Gasteiger partial charge >= 0.3 is 0 Å². The lowest BCUT2D eigenvalue weighted by molar-refractivity contribution is -0.125. The summed E-state index contributed by atoms with van der Waals surface area (Å²) in [4.78, 5) is 28.3. The van der Waals surface area contributed by atoms with E-state index in [1.54, 1.807) is 30.5 Å². The summed E-state index contributed by atoms with van der Waals surface area (Å²) in [5.41, 5.74) is 1.82. The predicted octanol–water partition coefficient (Wildman–Crippen LogP) is 1.73. The molecule has 0 bridgehead atoms. The maximum atomic E-state index is 12.3. The van der Waals surface area contributed by atoms with Crippen LogP contribution in [0.3, 0.4) is 0 Å². The molecule has 2 atom stereocenters. The minimum Gasteiger partial charge on any atom is -0.391 e. The van der Waals surface area contributed by atoms with Gasteiger partial charge in [0.2, 0.25) is 0 Å². The van der Waals surface area contributed by atoms with Crippen molar-refractivity contribution >= 4 is 17.5 Å². The van der Waals surface area contributed by atoms with Gasteiger partial charge in [0.25, 0.3) is 5.91 Å². The number of aliphatic hydroxyl groups is 2. The van der Waals surface area contributed by atoms with Crippen molar-refractivity contribution in [2.24, 2.45) is 0 Å². The third kappa shape index (κ3) is 6.99. The summed E-state index contributed by atoms with van der Waals surface area (Å²) in [6.45, 7) is 3.65. The van der Waals surface area contributed by atoms with Crippen LogP contribution in [0.2, 0.25) is 0 Å². The average molecular weight is 409 g/mol. The van der Waals surface area contributed by atoms with Crippen LogP contribution in [0, 0.1) is 11.8 Å². The van der Waals surface area contributed by atoms with Crippen molar-refractivity contribution in [3.05, 3.63) is 59.3 Å². The minimum absolute atomic E-state index is 0.320. The van der Waals surface area contributed by atoms with Gasteiger partial charge in [-0.25, -0.2) is 4.98 Å². The van der Waals surface area contributed by atoms with Gasteiger partial charge in [-0.05, 0) is 49.7 Å². The zero-order chi connectivity index (χ0) is 21.9. The number of anilines is 1. The number of aliphatic hydroxyl groups excluding tert-OH is 2. The van der Waals surface area contributed by atoms with Gasteiger partial charge in [0.05, 0.1) is 6.10 Å². The van der Waals surface area contributed by atoms with E-state index >= 15 is 0 Å². The fourth-order valence-corrected chi connectivity index (χ4v) is 2.61. The molecule has 1 aromatic heterocycles. The van der Waals surface area contributed by atoms with E-state index in [1.807, 2.05) is 12.1 Å². The van der Waals surface area contributed by atoms with Gasteiger partial charge in [-0.2, -0.15) is 0 Å². The van der Waals surface area contributed by atoms with Crippen LogP contribution in [-0.4, -0.2) is 52.2 Å². The predicted molar refractivity (Wildman–Crippen MR) is 115 cm³/mol. The molecule has 0 aliphatic rings. The number of benzene rings is 1. The van der Waals surface area contributed by atoms with E-state index in [2.05, 4.69) is 34.4 Å². The Morgan fingerprint density at radius 3 is 2.33 bits per heavy atom. The SMILES string of the molecule is CCCCNc1ccc(C#Cc2ccc(C(=O)N[C@H](C(=O)CO)[C@@H](C)O)cc2)cn1. The first-order chi connectivity index (χ1) is 14.4. The highest BCUT2D eigenvalue weighted by atomic mass is 16.3. The zero-order valence-electron chi connectivity index (χ0n) is 17.2. The van der Waals surface area contributed by atoms with Crippen molar-refractivity contribution in [3.63, 3.8) is 0 Å². The Bertz CT molecular complexity index is 897. The van der Waals surface area contributed by atoms with Crippen LogP contribution in [0.5, 0.6) is 0 Å². The molecule has 30 heavy (non-hydrogen) atoms. The Morgan fingerprint density at radius 1 is 1.10 bits per heavy atom. The molecule has 1 heterocycles. The number of unbranched alkanes of at least 4 members (excludes halogenated alkanes) is 1. The van der Waals surface area contributed by atoms with E-state index in [0.717, 1.165) is 36.3 Å². The number of Topliss-reactive ketones (excluding diaryl/α,β-unsaturated/α-hetero) is 1. The van der Waals surface area contributed by atoms with Crippen molar-refractivity contribution in [1.82, 2.24) is 10.3 Å². The van der Waals surface area contributed by atoms with Crippen molar-refractivity contribution < 1.29 is 19.8 Å². The maximum absolute atomic E-state index is 12.3. The van der Waals surface area contributed by atoms with Crippen LogP contribution in [0.15, 0.2) is 42.6 Å². The molecule has 0 aliphatic heterocycles. The Balaban J connectivity index is 1.99. The molecular weight excluding hydrogens is 382 g/mol. The second-order valence-corrected chi connectivity index (χ2v) is 6.86. The first kappa shape index (κ1) is 23.1. The molecule has 4 N–H and O–H groups in total. The number of rotatable bonds is 9. The molecule has 1 amide bonds. The monoisotopic (exact) mass is 409 g/mol. The topological polar surface area (TPSA) is 112 Å². The van der Waals surface area contributed by atoms with E-state index in [9.17, 15) is 14.7 Å². The molecule has 2 aromatic rings. The lowest BCUT2D eigenvalue weighted by Crippen LogP contribution is -2.48. The van der Waals surface area contributed by atoms with E-state index < -0.39 is 30.4 Å². The first-order valence-electron chi connectivity index (χ1n) is 9.89. The molecule has 158 valence electrons. The molecule has 0 radical (unpaired) electrons. The summed E-state index contributed by atoms with van der Waals surface area (Å²) in [5.74, 6) is 5.69. The first-order valence-corrected chi connectivity index (χ1v) is 9.89. The molecule has 0 unspecified atom stereocenters. The Hall–Kier alpha value is -3.21. The fourth-order valence-electron chi connectivity index (χ4n) is 2.61. The molecule has 2 rings (SSSR count). The minimum atomic E-state index is -1.16. The number of nitrogens with zero attached hydrogens (tertiary/aromatic N) is 1. The van der Waals surface area contributed by atoms with Gasteiger partial charge in [0.15, 0.2) is 5.78 Å². The number of hydrogen-bond acceptors (Lipinski definition) is 6. The Kier molecular flexibility index (Phi) is 9.01. The molecule has 0 fully saturated rings. The van der Waals surface area contributed by atoms with Crippen molar-refractivity contribution in [3.8, 4) is 11.8 Å². The number of pyridine rings is 1. The summed E-state index contributed by atoms with van der Waals surface area (Å²) in [5, 5.41) is 24.3. The third-order valence-corrected chi connectivity index (χ3v) is 4.37. The number of carbonyl (C=O) groups excluding carboxylic acids is 2. The summed E-state index contributed by atoms with van der Waals surface area (Å²) >= 11 is 0.